The van der Waals surface area contributed by atoms with E-state index in [0.29, 0.717) is 12.1 Å². The molecule has 5 heteroatoms. The first-order valence-electron chi connectivity index (χ1n) is 4.78. The van der Waals surface area contributed by atoms with Crippen molar-refractivity contribution in [2.75, 3.05) is 0 Å². The van der Waals surface area contributed by atoms with Gasteiger partial charge in [0.15, 0.2) is 0 Å². The summed E-state index contributed by atoms with van der Waals surface area (Å²) in [6, 6.07) is 6.61. The molecule has 0 bridgehead atoms. The molecule has 0 aliphatic carbocycles. The van der Waals surface area contributed by atoms with E-state index >= 15 is 0 Å². The van der Waals surface area contributed by atoms with Crippen molar-refractivity contribution in [3.63, 3.8) is 0 Å². The quantitative estimate of drug-likeness (QED) is 0.685. The lowest BCUT2D eigenvalue weighted by atomic mass is 9.95. The fourth-order valence-electron chi connectivity index (χ4n) is 1.41. The third kappa shape index (κ3) is 3.06. The molecular formula is C11H13NO4. The summed E-state index contributed by atoms with van der Waals surface area (Å²) < 4.78 is 0. The number of aliphatic carboxylic acids is 2. The van der Waals surface area contributed by atoms with Crippen molar-refractivity contribution in [2.45, 2.75) is 18.9 Å². The van der Waals surface area contributed by atoms with Gasteiger partial charge in [0.1, 0.15) is 0 Å². The van der Waals surface area contributed by atoms with Gasteiger partial charge in [-0.2, -0.15) is 0 Å². The number of carboxylic acids is 2. The summed E-state index contributed by atoms with van der Waals surface area (Å²) >= 11 is 0. The molecule has 0 spiro atoms. The molecule has 0 amide bonds. The van der Waals surface area contributed by atoms with Gasteiger partial charge in [0, 0.05) is 6.54 Å². The molecule has 0 saturated heterocycles. The van der Waals surface area contributed by atoms with Crippen LogP contribution < -0.4 is 5.73 Å². The Morgan fingerprint density at radius 3 is 2.12 bits per heavy atom. The highest BCUT2D eigenvalue weighted by Gasteiger charge is 2.22. The third-order valence-electron chi connectivity index (χ3n) is 2.29. The Kier molecular flexibility index (Phi) is 4.02. The summed E-state index contributed by atoms with van der Waals surface area (Å²) in [5, 5.41) is 17.5. The van der Waals surface area contributed by atoms with Crippen molar-refractivity contribution in [2.24, 2.45) is 5.73 Å². The summed E-state index contributed by atoms with van der Waals surface area (Å²) in [6.45, 7) is 0.372. The molecule has 5 nitrogen and oxygen atoms in total. The monoisotopic (exact) mass is 223 g/mol. The van der Waals surface area contributed by atoms with Gasteiger partial charge in [-0.15, -0.1) is 0 Å². The van der Waals surface area contributed by atoms with Crippen molar-refractivity contribution < 1.29 is 19.8 Å². The molecular weight excluding hydrogens is 210 g/mol. The maximum Gasteiger partial charge on any atom is 0.311 e. The van der Waals surface area contributed by atoms with Crippen LogP contribution in [0, 0.1) is 0 Å². The highest BCUT2D eigenvalue weighted by molar-refractivity contribution is 5.82. The minimum Gasteiger partial charge on any atom is -0.481 e. The first-order chi connectivity index (χ1) is 7.54. The number of hydrogen-bond acceptors (Lipinski definition) is 3. The lowest BCUT2D eigenvalue weighted by Gasteiger charge is -2.10. The van der Waals surface area contributed by atoms with E-state index in [-0.39, 0.29) is 0 Å². The second-order valence-corrected chi connectivity index (χ2v) is 3.43. The van der Waals surface area contributed by atoms with E-state index in [1.165, 1.54) is 0 Å². The van der Waals surface area contributed by atoms with Gasteiger partial charge in [-0.05, 0) is 11.1 Å². The zero-order chi connectivity index (χ0) is 12.1. The average molecular weight is 223 g/mol. The molecule has 1 aromatic carbocycles. The van der Waals surface area contributed by atoms with Crippen LogP contribution in [-0.2, 0) is 16.1 Å². The minimum absolute atomic E-state index is 0.372. The van der Waals surface area contributed by atoms with Crippen LogP contribution in [0.2, 0.25) is 0 Å². The van der Waals surface area contributed by atoms with Gasteiger partial charge in [0.05, 0.1) is 12.3 Å². The number of nitrogens with two attached hydrogens (primary N) is 1. The Balaban J connectivity index is 2.92. The molecule has 1 rings (SSSR count). The van der Waals surface area contributed by atoms with E-state index in [1.807, 2.05) is 0 Å². The lowest BCUT2D eigenvalue weighted by molar-refractivity contribution is -0.145. The SMILES string of the molecule is NCc1ccc(C(CC(=O)O)C(=O)O)cc1. The van der Waals surface area contributed by atoms with Gasteiger partial charge in [-0.3, -0.25) is 9.59 Å². The normalized spacial score (nSPS) is 12.1. The summed E-state index contributed by atoms with van der Waals surface area (Å²) in [5.74, 6) is -3.28. The standard InChI is InChI=1S/C11H13NO4/c12-6-7-1-3-8(4-2-7)9(11(15)16)5-10(13)14/h1-4,9H,5-6,12H2,(H,13,14)(H,15,16). The molecule has 0 fully saturated rings. The number of carbonyl (C=O) groups is 2. The van der Waals surface area contributed by atoms with Gasteiger partial charge in [0.25, 0.3) is 0 Å². The van der Waals surface area contributed by atoms with Crippen molar-refractivity contribution in [3.05, 3.63) is 35.4 Å². The molecule has 0 radical (unpaired) electrons. The molecule has 1 aromatic rings. The van der Waals surface area contributed by atoms with Crippen LogP contribution in [0.15, 0.2) is 24.3 Å². The fraction of sp³-hybridized carbons (Fsp3) is 0.273. The first-order valence-corrected chi connectivity index (χ1v) is 4.78. The third-order valence-corrected chi connectivity index (χ3v) is 2.29. The Hall–Kier alpha value is -1.88. The van der Waals surface area contributed by atoms with Crippen LogP contribution in [0.4, 0.5) is 0 Å². The summed E-state index contributed by atoms with van der Waals surface area (Å²) in [6.07, 6.45) is -0.419. The highest BCUT2D eigenvalue weighted by Crippen LogP contribution is 2.20. The summed E-state index contributed by atoms with van der Waals surface area (Å²) in [5.41, 5.74) is 6.76. The van der Waals surface area contributed by atoms with E-state index < -0.39 is 24.3 Å². The van der Waals surface area contributed by atoms with E-state index in [2.05, 4.69) is 0 Å². The maximum atomic E-state index is 10.9. The Labute approximate surface area is 92.5 Å². The van der Waals surface area contributed by atoms with E-state index in [4.69, 9.17) is 15.9 Å². The van der Waals surface area contributed by atoms with Gasteiger partial charge in [0.2, 0.25) is 0 Å². The molecule has 1 atom stereocenters. The van der Waals surface area contributed by atoms with Crippen molar-refractivity contribution in [3.8, 4) is 0 Å². The molecule has 0 aliphatic heterocycles. The van der Waals surface area contributed by atoms with Gasteiger partial charge in [-0.25, -0.2) is 0 Å². The Morgan fingerprint density at radius 2 is 1.75 bits per heavy atom. The largest absolute Gasteiger partial charge is 0.481 e. The molecule has 4 N–H and O–H groups in total. The van der Waals surface area contributed by atoms with Crippen LogP contribution in [0.1, 0.15) is 23.5 Å². The van der Waals surface area contributed by atoms with Crippen LogP contribution >= 0.6 is 0 Å². The van der Waals surface area contributed by atoms with Gasteiger partial charge >= 0.3 is 11.9 Å². The Bertz CT molecular complexity index is 385. The van der Waals surface area contributed by atoms with Crippen molar-refractivity contribution >= 4 is 11.9 Å². The van der Waals surface area contributed by atoms with Crippen LogP contribution in [0.5, 0.6) is 0 Å². The predicted molar refractivity (Wildman–Crippen MR) is 57.0 cm³/mol. The summed E-state index contributed by atoms with van der Waals surface area (Å²) in [7, 11) is 0. The van der Waals surface area contributed by atoms with Crippen molar-refractivity contribution in [1.29, 1.82) is 0 Å². The van der Waals surface area contributed by atoms with Crippen LogP contribution in [0.25, 0.3) is 0 Å². The second-order valence-electron chi connectivity index (χ2n) is 3.43. The summed E-state index contributed by atoms with van der Waals surface area (Å²) in [4.78, 5) is 21.4. The smallest absolute Gasteiger partial charge is 0.311 e. The molecule has 0 aliphatic rings. The second kappa shape index (κ2) is 5.27. The van der Waals surface area contributed by atoms with Gasteiger partial charge in [-0.1, -0.05) is 24.3 Å². The topological polar surface area (TPSA) is 101 Å². The number of hydrogen-bond donors (Lipinski definition) is 3. The molecule has 0 saturated carbocycles. The highest BCUT2D eigenvalue weighted by atomic mass is 16.4. The lowest BCUT2D eigenvalue weighted by Crippen LogP contribution is -2.15. The number of rotatable bonds is 5. The Morgan fingerprint density at radius 1 is 1.19 bits per heavy atom. The fourth-order valence-corrected chi connectivity index (χ4v) is 1.41. The first kappa shape index (κ1) is 12.2. The van der Waals surface area contributed by atoms with E-state index in [9.17, 15) is 9.59 Å². The van der Waals surface area contributed by atoms with Crippen LogP contribution in [0.3, 0.4) is 0 Å². The van der Waals surface area contributed by atoms with Crippen molar-refractivity contribution in [1.82, 2.24) is 0 Å². The number of benzene rings is 1. The minimum atomic E-state index is -1.14. The van der Waals surface area contributed by atoms with Crippen LogP contribution in [-0.4, -0.2) is 22.2 Å². The zero-order valence-corrected chi connectivity index (χ0v) is 8.59. The van der Waals surface area contributed by atoms with E-state index in [1.54, 1.807) is 24.3 Å². The molecule has 16 heavy (non-hydrogen) atoms. The predicted octanol–water partition coefficient (Wildman–Crippen LogP) is 0.788. The average Bonchev–Trinajstić information content (AvgIpc) is 2.25. The molecule has 0 aromatic heterocycles. The van der Waals surface area contributed by atoms with E-state index in [0.717, 1.165) is 5.56 Å². The molecule has 86 valence electrons. The van der Waals surface area contributed by atoms with Gasteiger partial charge < -0.3 is 15.9 Å². The zero-order valence-electron chi connectivity index (χ0n) is 8.59. The number of carboxylic acid groups (broad SMARTS) is 2. The maximum absolute atomic E-state index is 10.9. The molecule has 1 unspecified atom stereocenters. The molecule has 0 heterocycles.